The summed E-state index contributed by atoms with van der Waals surface area (Å²) in [4.78, 5) is 4.64. The minimum Gasteiger partial charge on any atom is -0.335 e. The number of benzene rings is 1. The molecule has 20 heavy (non-hydrogen) atoms. The summed E-state index contributed by atoms with van der Waals surface area (Å²) in [6.07, 6.45) is 1.20. The van der Waals surface area contributed by atoms with Crippen molar-refractivity contribution in [3.05, 3.63) is 29.6 Å². The van der Waals surface area contributed by atoms with E-state index in [0.29, 0.717) is 10.7 Å². The van der Waals surface area contributed by atoms with Crippen molar-refractivity contribution in [2.75, 3.05) is 11.9 Å². The molecule has 3 rings (SSSR count). The van der Waals surface area contributed by atoms with Crippen LogP contribution < -0.4 is 5.32 Å². The fourth-order valence-electron chi connectivity index (χ4n) is 2.44. The topological polar surface area (TPSA) is 24.4 Å². The Kier molecular flexibility index (Phi) is 3.78. The van der Waals surface area contributed by atoms with Crippen LogP contribution in [0.4, 0.5) is 5.69 Å². The number of hydrogen-bond donors (Lipinski definition) is 1. The third-order valence-electron chi connectivity index (χ3n) is 3.26. The first kappa shape index (κ1) is 14.0. The van der Waals surface area contributed by atoms with Gasteiger partial charge in [0.15, 0.2) is 5.17 Å². The minimum absolute atomic E-state index is 0.373. The van der Waals surface area contributed by atoms with Crippen LogP contribution in [0.15, 0.2) is 34.6 Å². The van der Waals surface area contributed by atoms with Gasteiger partial charge in [0.25, 0.3) is 0 Å². The highest BCUT2D eigenvalue weighted by Gasteiger charge is 2.25. The molecule has 1 aromatic carbocycles. The zero-order chi connectivity index (χ0) is 14.2. The highest BCUT2D eigenvalue weighted by atomic mass is 32.2. The molecule has 0 radical (unpaired) electrons. The van der Waals surface area contributed by atoms with Crippen LogP contribution >= 0.6 is 23.1 Å². The van der Waals surface area contributed by atoms with Crippen molar-refractivity contribution in [2.45, 2.75) is 32.4 Å². The van der Waals surface area contributed by atoms with Crippen molar-refractivity contribution < 1.29 is 0 Å². The fourth-order valence-corrected chi connectivity index (χ4v) is 4.59. The van der Waals surface area contributed by atoms with E-state index in [2.05, 4.69) is 60.7 Å². The second kappa shape index (κ2) is 5.41. The molecule has 0 saturated carbocycles. The molecule has 2 nitrogen and oxygen atoms in total. The number of rotatable bonds is 2. The van der Waals surface area contributed by atoms with Gasteiger partial charge in [0.2, 0.25) is 0 Å². The second-order valence-electron chi connectivity index (χ2n) is 6.45. The van der Waals surface area contributed by atoms with Gasteiger partial charge in [-0.05, 0) is 46.9 Å². The van der Waals surface area contributed by atoms with E-state index in [1.165, 1.54) is 16.5 Å². The molecular weight excluding hydrogens is 284 g/mol. The predicted octanol–water partition coefficient (Wildman–Crippen LogP) is 5.22. The highest BCUT2D eigenvalue weighted by molar-refractivity contribution is 8.15. The molecule has 0 spiro atoms. The summed E-state index contributed by atoms with van der Waals surface area (Å²) in [6, 6.07) is 8.68. The largest absolute Gasteiger partial charge is 0.335 e. The first-order valence-electron chi connectivity index (χ1n) is 6.95. The van der Waals surface area contributed by atoms with Gasteiger partial charge >= 0.3 is 0 Å². The maximum atomic E-state index is 4.64. The lowest BCUT2D eigenvalue weighted by molar-refractivity contribution is 0.375. The van der Waals surface area contributed by atoms with Crippen molar-refractivity contribution in [1.29, 1.82) is 0 Å². The SMILES string of the molecule is CC(C)(C)CC1CN=C(Nc2ccc3sccc3c2)S1. The summed E-state index contributed by atoms with van der Waals surface area (Å²) in [5.74, 6) is 0. The third kappa shape index (κ3) is 3.36. The smallest absolute Gasteiger partial charge is 0.161 e. The van der Waals surface area contributed by atoms with E-state index in [1.54, 1.807) is 11.3 Å². The van der Waals surface area contributed by atoms with E-state index < -0.39 is 0 Å². The predicted molar refractivity (Wildman–Crippen MR) is 93.2 cm³/mol. The van der Waals surface area contributed by atoms with Gasteiger partial charge in [-0.25, -0.2) is 0 Å². The average molecular weight is 304 g/mol. The van der Waals surface area contributed by atoms with E-state index in [1.807, 2.05) is 11.8 Å². The minimum atomic E-state index is 0.373. The number of amidine groups is 1. The van der Waals surface area contributed by atoms with Crippen molar-refractivity contribution in [1.82, 2.24) is 0 Å². The first-order valence-corrected chi connectivity index (χ1v) is 8.71. The van der Waals surface area contributed by atoms with Gasteiger partial charge in [-0.1, -0.05) is 32.5 Å². The van der Waals surface area contributed by atoms with Crippen LogP contribution in [0.3, 0.4) is 0 Å². The van der Waals surface area contributed by atoms with Gasteiger partial charge in [-0.3, -0.25) is 4.99 Å². The molecule has 0 saturated heterocycles. The zero-order valence-corrected chi connectivity index (χ0v) is 13.8. The Labute approximate surface area is 128 Å². The van der Waals surface area contributed by atoms with Crippen LogP contribution in [-0.2, 0) is 0 Å². The Morgan fingerprint density at radius 2 is 2.15 bits per heavy atom. The van der Waals surface area contributed by atoms with Crippen LogP contribution in [0.25, 0.3) is 10.1 Å². The number of thiophene rings is 1. The number of nitrogens with zero attached hydrogens (tertiary/aromatic N) is 1. The number of aliphatic imine (C=N–C) groups is 1. The Morgan fingerprint density at radius 1 is 1.30 bits per heavy atom. The number of fused-ring (bicyclic) bond motifs is 1. The summed E-state index contributed by atoms with van der Waals surface area (Å²) < 4.78 is 1.34. The highest BCUT2D eigenvalue weighted by Crippen LogP contribution is 2.33. The van der Waals surface area contributed by atoms with Gasteiger partial charge in [0.05, 0.1) is 6.54 Å². The average Bonchev–Trinajstić information content (AvgIpc) is 2.96. The van der Waals surface area contributed by atoms with E-state index in [0.717, 1.165) is 17.4 Å². The molecule has 1 aliphatic heterocycles. The summed E-state index contributed by atoms with van der Waals surface area (Å²) in [6.45, 7) is 7.82. The molecule has 4 heteroatoms. The fraction of sp³-hybridized carbons (Fsp3) is 0.438. The molecule has 1 N–H and O–H groups in total. The molecule has 2 aromatic rings. The molecular formula is C16H20N2S2. The molecule has 0 amide bonds. The lowest BCUT2D eigenvalue weighted by Gasteiger charge is -2.21. The van der Waals surface area contributed by atoms with Gasteiger partial charge in [0.1, 0.15) is 0 Å². The Morgan fingerprint density at radius 3 is 2.95 bits per heavy atom. The Hall–Kier alpha value is -1.00. The van der Waals surface area contributed by atoms with Gasteiger partial charge < -0.3 is 5.32 Å². The molecule has 2 heterocycles. The number of thioether (sulfide) groups is 1. The zero-order valence-electron chi connectivity index (χ0n) is 12.1. The van der Waals surface area contributed by atoms with Crippen LogP contribution in [-0.4, -0.2) is 17.0 Å². The first-order chi connectivity index (χ1) is 9.49. The molecule has 1 aromatic heterocycles. The quantitative estimate of drug-likeness (QED) is 0.822. The lowest BCUT2D eigenvalue weighted by Crippen LogP contribution is -2.16. The van der Waals surface area contributed by atoms with Crippen molar-refractivity contribution >= 4 is 44.0 Å². The van der Waals surface area contributed by atoms with Crippen LogP contribution in [0.1, 0.15) is 27.2 Å². The maximum absolute atomic E-state index is 4.64. The van der Waals surface area contributed by atoms with E-state index in [9.17, 15) is 0 Å². The second-order valence-corrected chi connectivity index (χ2v) is 8.69. The lowest BCUT2D eigenvalue weighted by atomic mass is 9.90. The summed E-state index contributed by atoms with van der Waals surface area (Å²) in [7, 11) is 0. The molecule has 0 aliphatic carbocycles. The molecule has 0 bridgehead atoms. The van der Waals surface area contributed by atoms with Gasteiger partial charge in [-0.15, -0.1) is 11.3 Å². The van der Waals surface area contributed by atoms with Crippen LogP contribution in [0, 0.1) is 5.41 Å². The van der Waals surface area contributed by atoms with E-state index in [-0.39, 0.29) is 0 Å². The van der Waals surface area contributed by atoms with Gasteiger partial charge in [-0.2, -0.15) is 0 Å². The number of anilines is 1. The van der Waals surface area contributed by atoms with Crippen LogP contribution in [0.5, 0.6) is 0 Å². The summed E-state index contributed by atoms with van der Waals surface area (Å²) in [5, 5.41) is 8.57. The third-order valence-corrected chi connectivity index (χ3v) is 5.26. The van der Waals surface area contributed by atoms with Gasteiger partial charge in [0, 0.05) is 15.6 Å². The standard InChI is InChI=1S/C16H20N2S2/c1-16(2,3)9-13-10-17-15(20-13)18-12-4-5-14-11(8-12)6-7-19-14/h4-8,13H,9-10H2,1-3H3,(H,17,18). The maximum Gasteiger partial charge on any atom is 0.161 e. The van der Waals surface area contributed by atoms with Crippen molar-refractivity contribution in [3.8, 4) is 0 Å². The monoisotopic (exact) mass is 304 g/mol. The molecule has 1 aliphatic rings. The summed E-state index contributed by atoms with van der Waals surface area (Å²) >= 11 is 3.66. The van der Waals surface area contributed by atoms with Crippen molar-refractivity contribution in [2.24, 2.45) is 10.4 Å². The van der Waals surface area contributed by atoms with E-state index >= 15 is 0 Å². The molecule has 106 valence electrons. The summed E-state index contributed by atoms with van der Waals surface area (Å²) in [5.41, 5.74) is 1.51. The number of nitrogens with one attached hydrogen (secondary N) is 1. The Bertz CT molecular complexity index is 637. The molecule has 1 atom stereocenters. The number of hydrogen-bond acceptors (Lipinski definition) is 4. The van der Waals surface area contributed by atoms with Crippen LogP contribution in [0.2, 0.25) is 0 Å². The molecule has 0 fully saturated rings. The normalized spacial score (nSPS) is 19.4. The van der Waals surface area contributed by atoms with Crippen molar-refractivity contribution in [3.63, 3.8) is 0 Å². The molecule has 1 unspecified atom stereocenters. The van der Waals surface area contributed by atoms with E-state index in [4.69, 9.17) is 0 Å². The Balaban J connectivity index is 1.64.